The first kappa shape index (κ1) is 14.3. The average Bonchev–Trinajstić information content (AvgIpc) is 2.22. The molecule has 0 aliphatic rings. The lowest BCUT2D eigenvalue weighted by Gasteiger charge is -2.12. The van der Waals surface area contributed by atoms with E-state index >= 15 is 0 Å². The average molecular weight is 258 g/mol. The Kier molecular flexibility index (Phi) is 8.22. The predicted molar refractivity (Wildman–Crippen MR) is 56.3 cm³/mol. The topological polar surface area (TPSA) is 64.6 Å². The van der Waals surface area contributed by atoms with E-state index in [1.807, 2.05) is 0 Å². The highest BCUT2D eigenvalue weighted by atomic mass is 35.5. The molecule has 1 unspecified atom stereocenters. The minimum absolute atomic E-state index is 0.0941. The van der Waals surface area contributed by atoms with E-state index in [-0.39, 0.29) is 25.0 Å². The number of hydrogen-bond donors (Lipinski definition) is 1. The summed E-state index contributed by atoms with van der Waals surface area (Å²) in [5, 5.41) is 2.29. The van der Waals surface area contributed by atoms with Crippen molar-refractivity contribution in [2.45, 2.75) is 13.0 Å². The standard InChI is InChI=1S/C8H13Cl2NO4/c1-6(7(12)14-4-2-9)11-8(13)15-5-3-10/h6H,2-5H2,1H3,(H,11,13). The Labute approximate surface area is 98.0 Å². The third kappa shape index (κ3) is 7.27. The van der Waals surface area contributed by atoms with Gasteiger partial charge in [-0.1, -0.05) is 0 Å². The summed E-state index contributed by atoms with van der Waals surface area (Å²) in [7, 11) is 0. The molecule has 7 heteroatoms. The monoisotopic (exact) mass is 257 g/mol. The molecule has 0 saturated carbocycles. The molecule has 88 valence electrons. The van der Waals surface area contributed by atoms with Gasteiger partial charge in [-0.3, -0.25) is 0 Å². The van der Waals surface area contributed by atoms with E-state index < -0.39 is 18.1 Å². The van der Waals surface area contributed by atoms with Crippen LogP contribution in [0.1, 0.15) is 6.92 Å². The molecule has 0 bridgehead atoms. The van der Waals surface area contributed by atoms with Crippen molar-refractivity contribution in [2.24, 2.45) is 0 Å². The van der Waals surface area contributed by atoms with E-state index in [1.165, 1.54) is 6.92 Å². The molecule has 1 atom stereocenters. The van der Waals surface area contributed by atoms with Crippen molar-refractivity contribution in [3.63, 3.8) is 0 Å². The number of alkyl halides is 2. The van der Waals surface area contributed by atoms with Crippen LogP contribution in [-0.4, -0.2) is 43.1 Å². The van der Waals surface area contributed by atoms with Gasteiger partial charge in [0, 0.05) is 0 Å². The number of alkyl carbamates (subject to hydrolysis) is 1. The number of amides is 1. The van der Waals surface area contributed by atoms with Crippen molar-refractivity contribution in [1.82, 2.24) is 5.32 Å². The van der Waals surface area contributed by atoms with Gasteiger partial charge in [0.1, 0.15) is 19.3 Å². The molecule has 15 heavy (non-hydrogen) atoms. The van der Waals surface area contributed by atoms with Crippen molar-refractivity contribution in [3.8, 4) is 0 Å². The lowest BCUT2D eigenvalue weighted by molar-refractivity contribution is -0.144. The van der Waals surface area contributed by atoms with Crippen LogP contribution in [0.3, 0.4) is 0 Å². The van der Waals surface area contributed by atoms with Gasteiger partial charge in [0.2, 0.25) is 0 Å². The van der Waals surface area contributed by atoms with Crippen LogP contribution >= 0.6 is 23.2 Å². The molecular weight excluding hydrogens is 245 g/mol. The number of nitrogens with one attached hydrogen (secondary N) is 1. The Hall–Kier alpha value is -0.680. The summed E-state index contributed by atoms with van der Waals surface area (Å²) in [6, 6.07) is -0.768. The molecule has 0 aromatic carbocycles. The van der Waals surface area contributed by atoms with Gasteiger partial charge < -0.3 is 14.8 Å². The van der Waals surface area contributed by atoms with Gasteiger partial charge >= 0.3 is 12.1 Å². The van der Waals surface area contributed by atoms with E-state index in [1.54, 1.807) is 0 Å². The highest BCUT2D eigenvalue weighted by Crippen LogP contribution is 1.91. The van der Waals surface area contributed by atoms with Gasteiger partial charge in [0.05, 0.1) is 11.8 Å². The molecule has 0 aromatic heterocycles. The number of esters is 1. The second-order valence-corrected chi connectivity index (χ2v) is 3.30. The fourth-order valence-electron chi connectivity index (χ4n) is 0.673. The molecule has 0 aliphatic heterocycles. The second-order valence-electron chi connectivity index (χ2n) is 2.55. The Morgan fingerprint density at radius 1 is 1.20 bits per heavy atom. The van der Waals surface area contributed by atoms with Gasteiger partial charge in [-0.25, -0.2) is 9.59 Å². The fraction of sp³-hybridized carbons (Fsp3) is 0.750. The maximum Gasteiger partial charge on any atom is 0.407 e. The van der Waals surface area contributed by atoms with Crippen LogP contribution < -0.4 is 5.32 Å². The third-order valence-corrected chi connectivity index (χ3v) is 1.63. The van der Waals surface area contributed by atoms with Crippen LogP contribution in [0, 0.1) is 0 Å². The molecule has 0 radical (unpaired) electrons. The zero-order valence-electron chi connectivity index (χ0n) is 8.29. The van der Waals surface area contributed by atoms with Crippen molar-refractivity contribution in [1.29, 1.82) is 0 Å². The van der Waals surface area contributed by atoms with Crippen molar-refractivity contribution < 1.29 is 19.1 Å². The normalized spacial score (nSPS) is 11.7. The van der Waals surface area contributed by atoms with Gasteiger partial charge in [0.15, 0.2) is 0 Å². The lowest BCUT2D eigenvalue weighted by atomic mass is 10.3. The highest BCUT2D eigenvalue weighted by Gasteiger charge is 2.17. The van der Waals surface area contributed by atoms with E-state index in [2.05, 4.69) is 10.1 Å². The SMILES string of the molecule is CC(NC(=O)OCCCl)C(=O)OCCCl. The summed E-state index contributed by atoms with van der Waals surface area (Å²) in [5.41, 5.74) is 0. The minimum atomic E-state index is -0.768. The van der Waals surface area contributed by atoms with Crippen molar-refractivity contribution in [2.75, 3.05) is 25.0 Å². The number of carbonyl (C=O) groups excluding carboxylic acids is 2. The molecule has 1 N–H and O–H groups in total. The van der Waals surface area contributed by atoms with E-state index in [0.29, 0.717) is 0 Å². The zero-order valence-corrected chi connectivity index (χ0v) is 9.81. The Morgan fingerprint density at radius 3 is 2.27 bits per heavy atom. The molecule has 5 nitrogen and oxygen atoms in total. The van der Waals surface area contributed by atoms with Crippen molar-refractivity contribution >= 4 is 35.3 Å². The molecular formula is C8H13Cl2NO4. The first-order chi connectivity index (χ1) is 7.11. The van der Waals surface area contributed by atoms with Gasteiger partial charge in [-0.05, 0) is 6.92 Å². The summed E-state index contributed by atoms with van der Waals surface area (Å²) in [4.78, 5) is 22.1. The zero-order chi connectivity index (χ0) is 11.7. The number of ether oxygens (including phenoxy) is 2. The molecule has 0 heterocycles. The van der Waals surface area contributed by atoms with Crippen molar-refractivity contribution in [3.05, 3.63) is 0 Å². The molecule has 0 saturated heterocycles. The summed E-state index contributed by atoms with van der Waals surface area (Å²) < 4.78 is 9.29. The maximum absolute atomic E-state index is 11.1. The van der Waals surface area contributed by atoms with E-state index in [9.17, 15) is 9.59 Å². The quantitative estimate of drug-likeness (QED) is 0.572. The predicted octanol–water partition coefficient (Wildman–Crippen LogP) is 1.12. The first-order valence-corrected chi connectivity index (χ1v) is 5.40. The van der Waals surface area contributed by atoms with Gasteiger partial charge in [-0.15, -0.1) is 23.2 Å². The van der Waals surface area contributed by atoms with Gasteiger partial charge in [0.25, 0.3) is 0 Å². The van der Waals surface area contributed by atoms with Crippen LogP contribution in [0.15, 0.2) is 0 Å². The fourth-order valence-corrected chi connectivity index (χ4v) is 0.827. The van der Waals surface area contributed by atoms with E-state index in [0.717, 1.165) is 0 Å². The summed E-state index contributed by atoms with van der Waals surface area (Å²) in [6.07, 6.45) is -0.703. The third-order valence-electron chi connectivity index (χ3n) is 1.32. The first-order valence-electron chi connectivity index (χ1n) is 4.33. The Balaban J connectivity index is 3.75. The molecule has 0 aromatic rings. The summed E-state index contributed by atoms with van der Waals surface area (Å²) in [5.74, 6) is -0.133. The number of hydrogen-bond acceptors (Lipinski definition) is 4. The van der Waals surface area contributed by atoms with Crippen LogP contribution in [-0.2, 0) is 14.3 Å². The molecule has 1 amide bonds. The van der Waals surface area contributed by atoms with E-state index in [4.69, 9.17) is 27.9 Å². The Bertz CT molecular complexity index is 213. The van der Waals surface area contributed by atoms with Crippen LogP contribution in [0.25, 0.3) is 0 Å². The molecule has 0 fully saturated rings. The van der Waals surface area contributed by atoms with Gasteiger partial charge in [-0.2, -0.15) is 0 Å². The Morgan fingerprint density at radius 2 is 1.73 bits per heavy atom. The van der Waals surface area contributed by atoms with Crippen LogP contribution in [0.5, 0.6) is 0 Å². The minimum Gasteiger partial charge on any atom is -0.463 e. The number of carbonyl (C=O) groups is 2. The molecule has 0 spiro atoms. The lowest BCUT2D eigenvalue weighted by Crippen LogP contribution is -2.40. The maximum atomic E-state index is 11.1. The second kappa shape index (κ2) is 8.61. The molecule has 0 rings (SSSR count). The summed E-state index contributed by atoms with van der Waals surface area (Å²) in [6.45, 7) is 1.69. The number of halogens is 2. The summed E-state index contributed by atoms with van der Waals surface area (Å²) >= 11 is 10.6. The molecule has 0 aliphatic carbocycles. The highest BCUT2D eigenvalue weighted by molar-refractivity contribution is 6.18. The largest absolute Gasteiger partial charge is 0.463 e. The number of rotatable bonds is 6. The van der Waals surface area contributed by atoms with Crippen LogP contribution in [0.4, 0.5) is 4.79 Å². The van der Waals surface area contributed by atoms with Crippen LogP contribution in [0.2, 0.25) is 0 Å². The smallest absolute Gasteiger partial charge is 0.407 e.